The number of carboxylic acid groups (broad SMARTS) is 1. The number of nitro groups is 1. The van der Waals surface area contributed by atoms with Crippen molar-refractivity contribution in [3.63, 3.8) is 0 Å². The van der Waals surface area contributed by atoms with E-state index in [1.807, 2.05) is 0 Å². The quantitative estimate of drug-likeness (QED) is 0.485. The van der Waals surface area contributed by atoms with Crippen LogP contribution in [0.15, 0.2) is 40.7 Å². The average molecular weight is 350 g/mol. The highest BCUT2D eigenvalue weighted by molar-refractivity contribution is 5.99. The minimum absolute atomic E-state index is 0.120. The Morgan fingerprint density at radius 2 is 1.88 bits per heavy atom. The first-order chi connectivity index (χ1) is 11.7. The van der Waals surface area contributed by atoms with Crippen molar-refractivity contribution in [2.45, 2.75) is 19.8 Å². The lowest BCUT2D eigenvalue weighted by atomic mass is 9.80. The molecule has 0 saturated carbocycles. The SMILES string of the molecule is COC(=O)C1=C(C)NC(C)=C(C(=O)O)[C@H]1c1cc([N+](=O)[O-])ccc1F. The Bertz CT molecular complexity index is 843. The zero-order valence-corrected chi connectivity index (χ0v) is 13.6. The summed E-state index contributed by atoms with van der Waals surface area (Å²) in [7, 11) is 1.11. The highest BCUT2D eigenvalue weighted by atomic mass is 19.1. The first-order valence-corrected chi connectivity index (χ1v) is 7.13. The van der Waals surface area contributed by atoms with Crippen LogP contribution in [0.5, 0.6) is 0 Å². The fourth-order valence-corrected chi connectivity index (χ4v) is 2.83. The smallest absolute Gasteiger partial charge is 0.336 e. The van der Waals surface area contributed by atoms with Crippen molar-refractivity contribution in [1.82, 2.24) is 5.32 Å². The number of carboxylic acids is 1. The van der Waals surface area contributed by atoms with Crippen molar-refractivity contribution >= 4 is 17.6 Å². The molecule has 25 heavy (non-hydrogen) atoms. The molecule has 1 aliphatic rings. The number of nitro benzene ring substituents is 1. The summed E-state index contributed by atoms with van der Waals surface area (Å²) < 4.78 is 19.1. The molecule has 0 fully saturated rings. The van der Waals surface area contributed by atoms with Crippen molar-refractivity contribution in [2.75, 3.05) is 7.11 Å². The maximum Gasteiger partial charge on any atom is 0.336 e. The number of ether oxygens (including phenoxy) is 1. The molecule has 0 saturated heterocycles. The predicted octanol–water partition coefficient (Wildman–Crippen LogP) is 2.23. The van der Waals surface area contributed by atoms with Crippen LogP contribution in [0.25, 0.3) is 0 Å². The average Bonchev–Trinajstić information content (AvgIpc) is 2.53. The van der Waals surface area contributed by atoms with Gasteiger partial charge in [-0.1, -0.05) is 0 Å². The molecule has 1 atom stereocenters. The van der Waals surface area contributed by atoms with Gasteiger partial charge in [0.05, 0.1) is 29.1 Å². The van der Waals surface area contributed by atoms with Gasteiger partial charge in [-0.15, -0.1) is 0 Å². The Morgan fingerprint density at radius 3 is 2.40 bits per heavy atom. The molecule has 0 spiro atoms. The van der Waals surface area contributed by atoms with Gasteiger partial charge in [0.25, 0.3) is 5.69 Å². The number of benzene rings is 1. The van der Waals surface area contributed by atoms with E-state index in [4.69, 9.17) is 0 Å². The molecule has 8 nitrogen and oxygen atoms in total. The Balaban J connectivity index is 2.80. The minimum atomic E-state index is -1.38. The summed E-state index contributed by atoms with van der Waals surface area (Å²) in [6, 6.07) is 2.76. The summed E-state index contributed by atoms with van der Waals surface area (Å²) in [5, 5.41) is 23.3. The number of non-ortho nitro benzene ring substituents is 1. The van der Waals surface area contributed by atoms with E-state index < -0.39 is 34.3 Å². The zero-order chi connectivity index (χ0) is 18.9. The number of methoxy groups -OCH3 is 1. The van der Waals surface area contributed by atoms with Crippen LogP contribution in [0.4, 0.5) is 10.1 Å². The van der Waals surface area contributed by atoms with Gasteiger partial charge in [-0.3, -0.25) is 10.1 Å². The predicted molar refractivity (Wildman–Crippen MR) is 84.0 cm³/mol. The molecule has 0 aromatic heterocycles. The number of nitrogens with one attached hydrogen (secondary N) is 1. The van der Waals surface area contributed by atoms with Gasteiger partial charge in [0.1, 0.15) is 5.82 Å². The summed E-state index contributed by atoms with van der Waals surface area (Å²) in [6.07, 6.45) is 0. The number of aliphatic carboxylic acids is 1. The third-order valence-corrected chi connectivity index (χ3v) is 3.90. The first kappa shape index (κ1) is 18.1. The molecule has 2 rings (SSSR count). The molecule has 0 bridgehead atoms. The number of dihydropyridines is 1. The number of nitrogens with zero attached hydrogens (tertiary/aromatic N) is 1. The van der Waals surface area contributed by atoms with Gasteiger partial charge in [0, 0.05) is 29.1 Å². The summed E-state index contributed by atoms with van der Waals surface area (Å²) in [4.78, 5) is 34.2. The maximum atomic E-state index is 14.4. The van der Waals surface area contributed by atoms with Gasteiger partial charge >= 0.3 is 11.9 Å². The molecule has 0 unspecified atom stereocenters. The van der Waals surface area contributed by atoms with Crippen molar-refractivity contribution < 1.29 is 28.7 Å². The molecule has 2 N–H and O–H groups in total. The number of rotatable bonds is 4. The Morgan fingerprint density at radius 1 is 1.28 bits per heavy atom. The highest BCUT2D eigenvalue weighted by Crippen LogP contribution is 2.40. The van der Waals surface area contributed by atoms with Gasteiger partial charge in [-0.25, -0.2) is 14.0 Å². The number of carbonyl (C=O) groups is 2. The Kier molecular flexibility index (Phi) is 4.87. The molecular formula is C16H15FN2O6. The van der Waals surface area contributed by atoms with Crippen molar-refractivity contribution in [2.24, 2.45) is 0 Å². The number of esters is 1. The molecule has 1 aromatic carbocycles. The van der Waals surface area contributed by atoms with Gasteiger partial charge in [-0.05, 0) is 19.9 Å². The molecule has 0 aliphatic carbocycles. The minimum Gasteiger partial charge on any atom is -0.478 e. The Hall–Kier alpha value is -3.23. The highest BCUT2D eigenvalue weighted by Gasteiger charge is 2.39. The normalized spacial score (nSPS) is 17.2. The summed E-state index contributed by atoms with van der Waals surface area (Å²) in [5.74, 6) is -4.44. The van der Waals surface area contributed by atoms with Crippen LogP contribution in [0, 0.1) is 15.9 Å². The van der Waals surface area contributed by atoms with Crippen molar-refractivity contribution in [3.8, 4) is 0 Å². The largest absolute Gasteiger partial charge is 0.478 e. The topological polar surface area (TPSA) is 119 Å². The van der Waals surface area contributed by atoms with E-state index in [1.165, 1.54) is 13.8 Å². The lowest BCUT2D eigenvalue weighted by molar-refractivity contribution is -0.385. The van der Waals surface area contributed by atoms with Crippen LogP contribution in [-0.4, -0.2) is 29.1 Å². The number of allylic oxidation sites excluding steroid dienone is 2. The van der Waals surface area contributed by atoms with Crippen LogP contribution in [0.2, 0.25) is 0 Å². The first-order valence-electron chi connectivity index (χ1n) is 7.13. The zero-order valence-electron chi connectivity index (χ0n) is 13.6. The summed E-state index contributed by atoms with van der Waals surface area (Å²) in [5.41, 5.74) is -0.625. The summed E-state index contributed by atoms with van der Waals surface area (Å²) >= 11 is 0. The van der Waals surface area contributed by atoms with E-state index in [2.05, 4.69) is 10.1 Å². The third-order valence-electron chi connectivity index (χ3n) is 3.90. The van der Waals surface area contributed by atoms with Gasteiger partial charge < -0.3 is 15.2 Å². The van der Waals surface area contributed by atoms with Gasteiger partial charge in [0.15, 0.2) is 0 Å². The summed E-state index contributed by atoms with van der Waals surface area (Å²) in [6.45, 7) is 2.97. The molecule has 1 aromatic rings. The second kappa shape index (κ2) is 6.71. The van der Waals surface area contributed by atoms with E-state index >= 15 is 0 Å². The maximum absolute atomic E-state index is 14.4. The fraction of sp³-hybridized carbons (Fsp3) is 0.250. The second-order valence-corrected chi connectivity index (χ2v) is 5.40. The number of hydrogen-bond donors (Lipinski definition) is 2. The van der Waals surface area contributed by atoms with Crippen LogP contribution in [0.3, 0.4) is 0 Å². The molecule has 132 valence electrons. The monoisotopic (exact) mass is 350 g/mol. The fourth-order valence-electron chi connectivity index (χ4n) is 2.83. The second-order valence-electron chi connectivity index (χ2n) is 5.40. The molecular weight excluding hydrogens is 335 g/mol. The van der Waals surface area contributed by atoms with Crippen LogP contribution < -0.4 is 5.32 Å². The molecule has 1 aliphatic heterocycles. The molecule has 9 heteroatoms. The van der Waals surface area contributed by atoms with Gasteiger partial charge in [-0.2, -0.15) is 0 Å². The number of carbonyl (C=O) groups excluding carboxylic acids is 1. The lowest BCUT2D eigenvalue weighted by Gasteiger charge is -2.29. The third kappa shape index (κ3) is 3.21. The van der Waals surface area contributed by atoms with E-state index in [1.54, 1.807) is 0 Å². The Labute approximate surface area is 141 Å². The van der Waals surface area contributed by atoms with E-state index in [-0.39, 0.29) is 28.1 Å². The standard InChI is InChI=1S/C16H15FN2O6/c1-7-12(15(20)21)14(13(8(2)18-7)16(22)25-3)10-6-9(19(23)24)4-5-11(10)17/h4-6,14,18H,1-3H3,(H,20,21)/t14-/m1/s1. The lowest BCUT2D eigenvalue weighted by Crippen LogP contribution is -2.32. The van der Waals surface area contributed by atoms with Crippen molar-refractivity contribution in [1.29, 1.82) is 0 Å². The van der Waals surface area contributed by atoms with Crippen molar-refractivity contribution in [3.05, 3.63) is 62.2 Å². The number of hydrogen-bond acceptors (Lipinski definition) is 6. The van der Waals surface area contributed by atoms with Gasteiger partial charge in [0.2, 0.25) is 0 Å². The number of halogens is 1. The molecule has 1 heterocycles. The molecule has 0 radical (unpaired) electrons. The van der Waals surface area contributed by atoms with E-state index in [9.17, 15) is 29.2 Å². The molecule has 0 amide bonds. The van der Waals surface area contributed by atoms with Crippen LogP contribution in [0.1, 0.15) is 25.3 Å². The van der Waals surface area contributed by atoms with E-state index in [0.717, 1.165) is 25.3 Å². The van der Waals surface area contributed by atoms with Crippen LogP contribution in [-0.2, 0) is 14.3 Å². The van der Waals surface area contributed by atoms with E-state index in [0.29, 0.717) is 0 Å². The van der Waals surface area contributed by atoms with Crippen LogP contribution >= 0.6 is 0 Å².